The summed E-state index contributed by atoms with van der Waals surface area (Å²) >= 11 is 1.89. The highest BCUT2D eigenvalue weighted by atomic mass is 32.2. The zero-order chi connectivity index (χ0) is 31.1. The summed E-state index contributed by atoms with van der Waals surface area (Å²) in [5, 5.41) is 20.9. The molecule has 0 spiro atoms. The van der Waals surface area contributed by atoms with Gasteiger partial charge in [0.2, 0.25) is 23.8 Å². The first-order chi connectivity index (χ1) is 20.6. The van der Waals surface area contributed by atoms with Gasteiger partial charge in [0.15, 0.2) is 0 Å². The molecule has 0 unspecified atom stereocenters. The smallest absolute Gasteiger partial charge is 0.407 e. The third kappa shape index (κ3) is 13.0. The lowest BCUT2D eigenvalue weighted by Gasteiger charge is -2.19. The molecule has 4 amide bonds. The molecule has 3 rings (SSSR count). The summed E-state index contributed by atoms with van der Waals surface area (Å²) in [6, 6.07) is 0.358. The quantitative estimate of drug-likeness (QED) is 0.0704. The minimum atomic E-state index is -0.573. The summed E-state index contributed by atoms with van der Waals surface area (Å²) in [4.78, 5) is 48.3. The highest BCUT2D eigenvalue weighted by Gasteiger charge is 2.42. The van der Waals surface area contributed by atoms with E-state index in [2.05, 4.69) is 58.1 Å². The topological polar surface area (TPSA) is 193 Å². The summed E-state index contributed by atoms with van der Waals surface area (Å²) in [6.45, 7) is 7.92. The van der Waals surface area contributed by atoms with Crippen molar-refractivity contribution < 1.29 is 23.9 Å². The normalized spacial score (nSPS) is 18.9. The van der Waals surface area contributed by atoms with Crippen molar-refractivity contribution in [3.63, 3.8) is 0 Å². The van der Waals surface area contributed by atoms with Crippen molar-refractivity contribution in [1.82, 2.24) is 36.2 Å². The molecule has 2 fully saturated rings. The molecule has 1 aromatic rings. The van der Waals surface area contributed by atoms with Crippen molar-refractivity contribution >= 4 is 47.6 Å². The molecule has 3 atom stereocenters. The molecule has 2 aliphatic rings. The van der Waals surface area contributed by atoms with Crippen LogP contribution in [0.15, 0.2) is 0 Å². The predicted octanol–water partition coefficient (Wildman–Crippen LogP) is 1.12. The Morgan fingerprint density at radius 1 is 0.977 bits per heavy atom. The summed E-state index contributed by atoms with van der Waals surface area (Å²) in [6.07, 6.45) is 8.05. The van der Waals surface area contributed by atoms with Crippen LogP contribution in [0.2, 0.25) is 0 Å². The van der Waals surface area contributed by atoms with Crippen LogP contribution in [-0.4, -0.2) is 108 Å². The first kappa shape index (κ1) is 33.8. The molecule has 0 aliphatic carbocycles. The maximum absolute atomic E-state index is 12.1. The monoisotopic (exact) mass is 620 g/mol. The van der Waals surface area contributed by atoms with Crippen LogP contribution < -0.4 is 37.2 Å². The first-order valence-electron chi connectivity index (χ1n) is 14.5. The average molecular weight is 621 g/mol. The lowest BCUT2D eigenvalue weighted by molar-refractivity contribution is -0.121. The Morgan fingerprint density at radius 2 is 1.67 bits per heavy atom. The van der Waals surface area contributed by atoms with E-state index in [9.17, 15) is 14.4 Å². The number of fused-ring (bicyclic) bond motifs is 1. The Balaban J connectivity index is 1.25. The maximum Gasteiger partial charge on any atom is 0.407 e. The number of thioether (sulfide) groups is 1. The van der Waals surface area contributed by atoms with E-state index in [0.717, 1.165) is 25.0 Å². The highest BCUT2D eigenvalue weighted by molar-refractivity contribution is 8.00. The van der Waals surface area contributed by atoms with Crippen molar-refractivity contribution in [2.75, 3.05) is 67.6 Å². The van der Waals surface area contributed by atoms with Crippen LogP contribution in [0.3, 0.4) is 0 Å². The molecule has 3 heterocycles. The largest absolute Gasteiger partial charge is 0.444 e. The number of amides is 4. The number of carbonyl (C=O) groups is 3. The SMILES string of the molecule is C#CCNc1nc(NCCNC(=O)OC(C)(C)C)nc(NCCOCCNC(=O)CCCC[C@@H]2SC[C@@H]3NC(=O)N[C@@H]32)n1. The summed E-state index contributed by atoms with van der Waals surface area (Å²) in [5.74, 6) is 4.36. The fourth-order valence-corrected chi connectivity index (χ4v) is 5.90. The Hall–Kier alpha value is -3.71. The van der Waals surface area contributed by atoms with Gasteiger partial charge in [-0.1, -0.05) is 12.3 Å². The third-order valence-corrected chi connectivity index (χ3v) is 7.75. The van der Waals surface area contributed by atoms with Crippen molar-refractivity contribution in [3.05, 3.63) is 0 Å². The van der Waals surface area contributed by atoms with Crippen molar-refractivity contribution in [1.29, 1.82) is 0 Å². The molecule has 0 bridgehead atoms. The lowest BCUT2D eigenvalue weighted by Crippen LogP contribution is -2.36. The van der Waals surface area contributed by atoms with Gasteiger partial charge in [-0.15, -0.1) is 6.42 Å². The molecule has 2 saturated heterocycles. The molecule has 15 nitrogen and oxygen atoms in total. The number of unbranched alkanes of at least 4 members (excludes halogenated alkanes) is 1. The van der Waals surface area contributed by atoms with Crippen LogP contribution in [-0.2, 0) is 14.3 Å². The Morgan fingerprint density at radius 3 is 2.40 bits per heavy atom. The number of alkyl carbamates (subject to hydrolysis) is 1. The van der Waals surface area contributed by atoms with Gasteiger partial charge in [0.25, 0.3) is 0 Å². The maximum atomic E-state index is 12.1. The number of urea groups is 1. The van der Waals surface area contributed by atoms with Crippen LogP contribution in [0.4, 0.5) is 27.4 Å². The minimum Gasteiger partial charge on any atom is -0.444 e. The summed E-state index contributed by atoms with van der Waals surface area (Å²) in [7, 11) is 0. The molecule has 2 aliphatic heterocycles. The number of nitrogens with one attached hydrogen (secondary N) is 7. The van der Waals surface area contributed by atoms with Crippen molar-refractivity contribution in [2.24, 2.45) is 0 Å². The second-order valence-corrected chi connectivity index (χ2v) is 12.2. The molecule has 0 saturated carbocycles. The van der Waals surface area contributed by atoms with Crippen LogP contribution in [0.25, 0.3) is 0 Å². The number of terminal acetylenes is 1. The standard InChI is InChI=1S/C27H44N10O5S/c1-5-10-29-22-35-23(30-11-12-32-26(40)42-27(2,3)4)37-24(36-22)31-14-16-41-15-13-28-20(38)9-7-6-8-19-21-18(17-43-19)33-25(39)34-21/h1,18-19,21H,6-17H2,2-4H3,(H,28,38)(H,32,40)(H2,33,34,39)(H3,29,30,31,35,36,37)/t18-,19-,21-/m0/s1. The summed E-state index contributed by atoms with van der Waals surface area (Å²) < 4.78 is 10.8. The third-order valence-electron chi connectivity index (χ3n) is 6.24. The van der Waals surface area contributed by atoms with E-state index in [1.54, 1.807) is 20.8 Å². The number of carbonyl (C=O) groups excluding carboxylic acids is 3. The van der Waals surface area contributed by atoms with E-state index in [1.165, 1.54) is 0 Å². The fourth-order valence-electron chi connectivity index (χ4n) is 4.36. The summed E-state index contributed by atoms with van der Waals surface area (Å²) in [5.41, 5.74) is -0.573. The Bertz CT molecular complexity index is 1110. The van der Waals surface area contributed by atoms with E-state index in [0.29, 0.717) is 68.9 Å². The van der Waals surface area contributed by atoms with E-state index >= 15 is 0 Å². The Kier molecular flexibility index (Phi) is 13.7. The Labute approximate surface area is 257 Å². The number of rotatable bonds is 18. The van der Waals surface area contributed by atoms with Crippen molar-refractivity contribution in [3.8, 4) is 12.3 Å². The van der Waals surface area contributed by atoms with Crippen LogP contribution >= 0.6 is 11.8 Å². The van der Waals surface area contributed by atoms with Crippen LogP contribution in [0.5, 0.6) is 0 Å². The zero-order valence-electron chi connectivity index (χ0n) is 25.1. The van der Waals surface area contributed by atoms with E-state index in [-0.39, 0.29) is 30.6 Å². The van der Waals surface area contributed by atoms with Gasteiger partial charge >= 0.3 is 12.1 Å². The molecule has 1 aromatic heterocycles. The van der Waals surface area contributed by atoms with Gasteiger partial charge in [-0.2, -0.15) is 26.7 Å². The van der Waals surface area contributed by atoms with Gasteiger partial charge in [-0.25, -0.2) is 9.59 Å². The molecule has 7 N–H and O–H groups in total. The van der Waals surface area contributed by atoms with E-state index in [1.807, 2.05) is 11.8 Å². The molecule has 0 radical (unpaired) electrons. The molecule has 16 heteroatoms. The molecule has 238 valence electrons. The molecular weight excluding hydrogens is 576 g/mol. The molecule has 0 aromatic carbocycles. The lowest BCUT2D eigenvalue weighted by atomic mass is 10.0. The van der Waals surface area contributed by atoms with E-state index < -0.39 is 11.7 Å². The van der Waals surface area contributed by atoms with Crippen LogP contribution in [0.1, 0.15) is 46.5 Å². The second kappa shape index (κ2) is 17.4. The second-order valence-electron chi connectivity index (χ2n) is 11.0. The fraction of sp³-hybridized carbons (Fsp3) is 0.704. The zero-order valence-corrected chi connectivity index (χ0v) is 25.9. The van der Waals surface area contributed by atoms with Crippen molar-refractivity contribution in [2.45, 2.75) is 69.4 Å². The first-order valence-corrected chi connectivity index (χ1v) is 15.6. The number of aromatic nitrogens is 3. The van der Waals surface area contributed by atoms with Gasteiger partial charge in [0.05, 0.1) is 31.8 Å². The predicted molar refractivity (Wildman–Crippen MR) is 166 cm³/mol. The number of anilines is 3. The minimum absolute atomic E-state index is 0.00743. The van der Waals surface area contributed by atoms with Gasteiger partial charge in [-0.05, 0) is 33.6 Å². The van der Waals surface area contributed by atoms with E-state index in [4.69, 9.17) is 15.9 Å². The van der Waals surface area contributed by atoms with Crippen LogP contribution in [0, 0.1) is 12.3 Å². The van der Waals surface area contributed by atoms with Gasteiger partial charge in [0.1, 0.15) is 5.60 Å². The number of hydrogen-bond donors (Lipinski definition) is 7. The highest BCUT2D eigenvalue weighted by Crippen LogP contribution is 2.33. The van der Waals surface area contributed by atoms with Gasteiger partial charge < -0.3 is 46.7 Å². The number of ether oxygens (including phenoxy) is 2. The number of nitrogens with zero attached hydrogens (tertiary/aromatic N) is 3. The number of hydrogen-bond acceptors (Lipinski definition) is 12. The van der Waals surface area contributed by atoms with Gasteiger partial charge in [0, 0.05) is 43.6 Å². The average Bonchev–Trinajstić information content (AvgIpc) is 3.50. The van der Waals surface area contributed by atoms with Gasteiger partial charge in [-0.3, -0.25) is 4.79 Å². The molecule has 43 heavy (non-hydrogen) atoms. The molecular formula is C27H44N10O5S.